The van der Waals surface area contributed by atoms with Gasteiger partial charge in [0.25, 0.3) is 11.8 Å². The number of nitrogens with two attached hydrogens (primary N) is 1. The van der Waals surface area contributed by atoms with Crippen LogP contribution in [0.25, 0.3) is 22.2 Å². The third-order valence-electron chi connectivity index (χ3n) is 6.16. The Morgan fingerprint density at radius 3 is 2.35 bits per heavy atom. The van der Waals surface area contributed by atoms with Gasteiger partial charge in [-0.1, -0.05) is 66.7 Å². The average Bonchev–Trinajstić information content (AvgIpc) is 3.29. The maximum absolute atomic E-state index is 13.5. The summed E-state index contributed by atoms with van der Waals surface area (Å²) >= 11 is 0. The Balaban J connectivity index is 1.72. The molecule has 3 aromatic carbocycles. The minimum Gasteiger partial charge on any atom is -0.350 e. The number of primary amides is 1. The van der Waals surface area contributed by atoms with Gasteiger partial charge in [-0.05, 0) is 23.3 Å². The summed E-state index contributed by atoms with van der Waals surface area (Å²) in [5.41, 5.74) is 14.7. The number of nitrogens with one attached hydrogen (secondary N) is 2. The number of para-hydroxylation sites is 1. The number of carbonyl (C=O) groups excluding carboxylic acids is 3. The van der Waals surface area contributed by atoms with Crippen molar-refractivity contribution in [3.05, 3.63) is 95.6 Å². The van der Waals surface area contributed by atoms with Crippen molar-refractivity contribution in [3.8, 4) is 11.3 Å². The third kappa shape index (κ3) is 3.45. The molecule has 2 heterocycles. The molecule has 5 rings (SSSR count). The van der Waals surface area contributed by atoms with Gasteiger partial charge in [-0.2, -0.15) is 0 Å². The minimum atomic E-state index is -0.888. The summed E-state index contributed by atoms with van der Waals surface area (Å²) in [5.74, 6) is -0.798. The Hall–Kier alpha value is -4.59. The van der Waals surface area contributed by atoms with Crippen LogP contribution in [0.2, 0.25) is 0 Å². The van der Waals surface area contributed by atoms with Crippen LogP contribution in [-0.4, -0.2) is 33.9 Å². The van der Waals surface area contributed by atoms with Gasteiger partial charge in [0.2, 0.25) is 0 Å². The van der Waals surface area contributed by atoms with E-state index in [4.69, 9.17) is 5.73 Å². The minimum absolute atomic E-state index is 0.248. The number of aromatic nitrogens is 1. The number of amides is 4. The fourth-order valence-corrected chi connectivity index (χ4v) is 4.81. The molecule has 8 nitrogen and oxygen atoms in total. The summed E-state index contributed by atoms with van der Waals surface area (Å²) in [4.78, 5) is 38.7. The molecule has 4 amide bonds. The number of aryl methyl sites for hydroxylation is 1. The van der Waals surface area contributed by atoms with E-state index in [-0.39, 0.29) is 12.5 Å². The molecule has 4 N–H and O–H groups in total. The monoisotopic (exact) mass is 453 g/mol. The van der Waals surface area contributed by atoms with E-state index in [0.717, 1.165) is 33.3 Å². The second-order valence-corrected chi connectivity index (χ2v) is 8.16. The summed E-state index contributed by atoms with van der Waals surface area (Å²) < 4.78 is 2.12. The number of hydrazine groups is 1. The molecule has 0 bridgehead atoms. The van der Waals surface area contributed by atoms with Crippen molar-refractivity contribution >= 4 is 28.7 Å². The van der Waals surface area contributed by atoms with E-state index in [0.29, 0.717) is 5.56 Å². The second kappa shape index (κ2) is 8.40. The zero-order valence-electron chi connectivity index (χ0n) is 18.5. The van der Waals surface area contributed by atoms with Gasteiger partial charge in [-0.15, -0.1) is 0 Å². The van der Waals surface area contributed by atoms with Crippen LogP contribution in [0.15, 0.2) is 78.9 Å². The fraction of sp³-hybridized carbons (Fsp3) is 0.115. The average molecular weight is 454 g/mol. The number of rotatable bonds is 4. The molecule has 1 aromatic heterocycles. The first-order chi connectivity index (χ1) is 16.5. The van der Waals surface area contributed by atoms with Gasteiger partial charge in [0.05, 0.1) is 11.7 Å². The number of hydrogen-bond acceptors (Lipinski definition) is 3. The van der Waals surface area contributed by atoms with Gasteiger partial charge in [0.15, 0.2) is 0 Å². The molecule has 0 radical (unpaired) electrons. The zero-order valence-corrected chi connectivity index (χ0v) is 18.5. The van der Waals surface area contributed by atoms with E-state index in [1.165, 1.54) is 4.90 Å². The molecule has 0 aliphatic carbocycles. The summed E-state index contributed by atoms with van der Waals surface area (Å²) in [6.07, 6.45) is 0. The van der Waals surface area contributed by atoms with Gasteiger partial charge >= 0.3 is 6.03 Å². The van der Waals surface area contributed by atoms with E-state index >= 15 is 0 Å². The van der Waals surface area contributed by atoms with Crippen LogP contribution in [-0.2, 0) is 11.8 Å². The van der Waals surface area contributed by atoms with Crippen molar-refractivity contribution in [2.24, 2.45) is 12.8 Å². The number of benzene rings is 3. The SMILES string of the molecule is Cn1c(-c2ccccc2)c(C2c3ccccc3C(=O)N2CC(=O)NNC(N)=O)c2ccccc21. The molecule has 0 spiro atoms. The predicted molar refractivity (Wildman–Crippen MR) is 129 cm³/mol. The van der Waals surface area contributed by atoms with Crippen LogP contribution in [0.3, 0.4) is 0 Å². The lowest BCUT2D eigenvalue weighted by Gasteiger charge is -2.26. The number of carbonyl (C=O) groups is 3. The number of urea groups is 1. The molecule has 1 unspecified atom stereocenters. The van der Waals surface area contributed by atoms with Crippen LogP contribution in [0.5, 0.6) is 0 Å². The lowest BCUT2D eigenvalue weighted by atomic mass is 9.93. The molecule has 0 saturated carbocycles. The van der Waals surface area contributed by atoms with Gasteiger partial charge < -0.3 is 15.2 Å². The normalized spacial score (nSPS) is 14.8. The van der Waals surface area contributed by atoms with E-state index in [9.17, 15) is 14.4 Å². The highest BCUT2D eigenvalue weighted by Crippen LogP contribution is 2.46. The van der Waals surface area contributed by atoms with E-state index in [1.807, 2.05) is 79.8 Å². The summed E-state index contributed by atoms with van der Waals surface area (Å²) in [6.45, 7) is -0.254. The zero-order chi connectivity index (χ0) is 23.8. The smallest absolute Gasteiger partial charge is 0.330 e. The third-order valence-corrected chi connectivity index (χ3v) is 6.16. The number of nitrogens with zero attached hydrogens (tertiary/aromatic N) is 2. The Bertz CT molecular complexity index is 1430. The van der Waals surface area contributed by atoms with Crippen molar-refractivity contribution in [1.29, 1.82) is 0 Å². The highest BCUT2D eigenvalue weighted by Gasteiger charge is 2.41. The quantitative estimate of drug-likeness (QED) is 0.413. The maximum atomic E-state index is 13.5. The van der Waals surface area contributed by atoms with Crippen LogP contribution in [0.1, 0.15) is 27.5 Å². The van der Waals surface area contributed by atoms with Crippen LogP contribution >= 0.6 is 0 Å². The molecule has 4 aromatic rings. The van der Waals surface area contributed by atoms with Gasteiger partial charge in [0, 0.05) is 29.1 Å². The molecule has 0 saturated heterocycles. The van der Waals surface area contributed by atoms with Crippen molar-refractivity contribution in [2.45, 2.75) is 6.04 Å². The molecular formula is C26H23N5O3. The van der Waals surface area contributed by atoms with E-state index in [1.54, 1.807) is 6.07 Å². The van der Waals surface area contributed by atoms with Crippen molar-refractivity contribution in [3.63, 3.8) is 0 Å². The fourth-order valence-electron chi connectivity index (χ4n) is 4.81. The molecule has 0 fully saturated rings. The molecule has 1 aliphatic heterocycles. The Morgan fingerprint density at radius 1 is 0.912 bits per heavy atom. The molecule has 1 aliphatic rings. The van der Waals surface area contributed by atoms with Crippen LogP contribution < -0.4 is 16.6 Å². The van der Waals surface area contributed by atoms with E-state index in [2.05, 4.69) is 15.4 Å². The number of hydrogen-bond donors (Lipinski definition) is 3. The van der Waals surface area contributed by atoms with Crippen LogP contribution in [0.4, 0.5) is 4.79 Å². The van der Waals surface area contributed by atoms with Crippen molar-refractivity contribution < 1.29 is 14.4 Å². The molecular weight excluding hydrogens is 430 g/mol. The van der Waals surface area contributed by atoms with Crippen LogP contribution in [0, 0.1) is 0 Å². The molecule has 8 heteroatoms. The van der Waals surface area contributed by atoms with Crippen molar-refractivity contribution in [1.82, 2.24) is 20.3 Å². The highest BCUT2D eigenvalue weighted by molar-refractivity contribution is 6.04. The molecule has 34 heavy (non-hydrogen) atoms. The largest absolute Gasteiger partial charge is 0.350 e. The van der Waals surface area contributed by atoms with Crippen molar-refractivity contribution in [2.75, 3.05) is 6.54 Å². The lowest BCUT2D eigenvalue weighted by molar-refractivity contribution is -0.122. The number of fused-ring (bicyclic) bond motifs is 2. The summed E-state index contributed by atoms with van der Waals surface area (Å²) in [7, 11) is 2.00. The Kier molecular flexibility index (Phi) is 5.25. The second-order valence-electron chi connectivity index (χ2n) is 8.16. The highest BCUT2D eigenvalue weighted by atomic mass is 16.2. The standard InChI is InChI=1S/C26H23N5O3/c1-30-20-14-8-7-13-19(20)22(23(30)16-9-3-2-4-10-16)24-17-11-5-6-12-18(17)25(33)31(24)15-21(32)28-29-26(27)34/h2-14,24H,15H2,1H3,(H,28,32)(H3,27,29,34). The topological polar surface area (TPSA) is 109 Å². The summed E-state index contributed by atoms with van der Waals surface area (Å²) in [6, 6.07) is 24.0. The Labute approximate surface area is 195 Å². The lowest BCUT2D eigenvalue weighted by Crippen LogP contribution is -2.49. The van der Waals surface area contributed by atoms with Gasteiger partial charge in [-0.3, -0.25) is 15.0 Å². The first kappa shape index (κ1) is 21.3. The first-order valence-corrected chi connectivity index (χ1v) is 10.8. The maximum Gasteiger partial charge on any atom is 0.330 e. The first-order valence-electron chi connectivity index (χ1n) is 10.8. The predicted octanol–water partition coefficient (Wildman–Crippen LogP) is 3.09. The Morgan fingerprint density at radius 2 is 1.59 bits per heavy atom. The van der Waals surface area contributed by atoms with Gasteiger partial charge in [-0.25, -0.2) is 10.2 Å². The summed E-state index contributed by atoms with van der Waals surface area (Å²) in [5, 5.41) is 0.999. The van der Waals surface area contributed by atoms with E-state index < -0.39 is 18.0 Å². The van der Waals surface area contributed by atoms with Gasteiger partial charge in [0.1, 0.15) is 6.54 Å². The molecule has 1 atom stereocenters. The molecule has 170 valence electrons.